The minimum Gasteiger partial charge on any atom is -0.342 e. The van der Waals surface area contributed by atoms with E-state index in [0.717, 1.165) is 43.1 Å². The van der Waals surface area contributed by atoms with E-state index in [0.29, 0.717) is 19.3 Å². The Morgan fingerprint density at radius 1 is 1.03 bits per heavy atom. The van der Waals surface area contributed by atoms with Gasteiger partial charge in [-0.05, 0) is 49.4 Å². The van der Waals surface area contributed by atoms with E-state index in [1.165, 1.54) is 5.56 Å². The second kappa shape index (κ2) is 10.3. The average Bonchev–Trinajstić information content (AvgIpc) is 2.81. The highest BCUT2D eigenvalue weighted by Gasteiger charge is 2.54. The van der Waals surface area contributed by atoms with Crippen molar-refractivity contribution < 1.29 is 9.59 Å². The Balaban J connectivity index is 1.51. The van der Waals surface area contributed by atoms with Crippen LogP contribution in [0.4, 0.5) is 0 Å². The molecule has 2 saturated heterocycles. The summed E-state index contributed by atoms with van der Waals surface area (Å²) in [6.07, 6.45) is 3.72. The quantitative estimate of drug-likeness (QED) is 0.655. The van der Waals surface area contributed by atoms with Crippen LogP contribution in [0, 0.1) is 0 Å². The zero-order valence-electron chi connectivity index (χ0n) is 19.6. The van der Waals surface area contributed by atoms with Gasteiger partial charge < -0.3 is 10.2 Å². The Hall–Kier alpha value is -2.37. The summed E-state index contributed by atoms with van der Waals surface area (Å²) < 4.78 is 0. The Morgan fingerprint density at radius 3 is 2.33 bits per heavy atom. The molecule has 33 heavy (non-hydrogen) atoms. The highest BCUT2D eigenvalue weighted by atomic mass is 35.5. The number of rotatable bonds is 7. The van der Waals surface area contributed by atoms with Crippen molar-refractivity contribution in [3.05, 3.63) is 70.7 Å². The van der Waals surface area contributed by atoms with Crippen LogP contribution in [-0.4, -0.2) is 52.3 Å². The summed E-state index contributed by atoms with van der Waals surface area (Å²) in [6, 6.07) is 17.4. The Labute approximate surface area is 202 Å². The number of carbonyl (C=O) groups is 2. The van der Waals surface area contributed by atoms with Crippen molar-refractivity contribution in [2.24, 2.45) is 0 Å². The van der Waals surface area contributed by atoms with Crippen LogP contribution in [-0.2, 0) is 22.6 Å². The third kappa shape index (κ3) is 5.10. The molecule has 0 bridgehead atoms. The van der Waals surface area contributed by atoms with Gasteiger partial charge in [-0.25, -0.2) is 0 Å². The van der Waals surface area contributed by atoms with Gasteiger partial charge in [0.05, 0.1) is 0 Å². The molecular weight excluding hydrogens is 434 g/mol. The summed E-state index contributed by atoms with van der Waals surface area (Å²) in [4.78, 5) is 31.7. The van der Waals surface area contributed by atoms with Gasteiger partial charge in [0.2, 0.25) is 11.8 Å². The molecule has 0 saturated carbocycles. The van der Waals surface area contributed by atoms with E-state index in [1.807, 2.05) is 59.5 Å². The number of carbonyl (C=O) groups excluding carboxylic acids is 2. The predicted molar refractivity (Wildman–Crippen MR) is 132 cm³/mol. The van der Waals surface area contributed by atoms with Gasteiger partial charge in [0.15, 0.2) is 0 Å². The lowest BCUT2D eigenvalue weighted by molar-refractivity contribution is -0.165. The first kappa shape index (κ1) is 23.8. The van der Waals surface area contributed by atoms with Gasteiger partial charge in [-0.1, -0.05) is 67.4 Å². The number of nitrogens with one attached hydrogen (secondary N) is 1. The number of hydrogen-bond acceptors (Lipinski definition) is 3. The van der Waals surface area contributed by atoms with Crippen LogP contribution in [0.15, 0.2) is 54.6 Å². The van der Waals surface area contributed by atoms with Crippen molar-refractivity contribution in [2.45, 2.75) is 70.1 Å². The number of halogens is 1. The fraction of sp³-hybridized carbons (Fsp3) is 0.481. The minimum absolute atomic E-state index is 0.0112. The van der Waals surface area contributed by atoms with Gasteiger partial charge in [-0.15, -0.1) is 0 Å². The van der Waals surface area contributed by atoms with Gasteiger partial charge in [0, 0.05) is 37.1 Å². The standard InChI is InChI=1S/C27H34ClN3O2/c1-3-7-20(2)31-25(32)24(18-21-8-5-4-6-9-21)29-26(33)27(31)14-16-30(17-15-27)19-22-10-12-23(28)13-11-22/h4-6,8-13,20,24H,3,7,14-19H2,1-2H3,(H,29,33). The number of hydrogen-bond donors (Lipinski definition) is 1. The van der Waals surface area contributed by atoms with Gasteiger partial charge in [0.25, 0.3) is 0 Å². The molecule has 0 radical (unpaired) electrons. The molecule has 2 aliphatic rings. The van der Waals surface area contributed by atoms with Crippen LogP contribution < -0.4 is 5.32 Å². The largest absolute Gasteiger partial charge is 0.342 e. The number of nitrogens with zero attached hydrogens (tertiary/aromatic N) is 2. The first-order valence-corrected chi connectivity index (χ1v) is 12.5. The first-order valence-electron chi connectivity index (χ1n) is 12.1. The highest BCUT2D eigenvalue weighted by Crippen LogP contribution is 2.36. The molecule has 0 aromatic heterocycles. The van der Waals surface area contributed by atoms with Crippen LogP contribution >= 0.6 is 11.6 Å². The molecule has 2 unspecified atom stereocenters. The van der Waals surface area contributed by atoms with E-state index in [9.17, 15) is 9.59 Å². The van der Waals surface area contributed by atoms with E-state index < -0.39 is 11.6 Å². The summed E-state index contributed by atoms with van der Waals surface area (Å²) >= 11 is 6.02. The van der Waals surface area contributed by atoms with E-state index >= 15 is 0 Å². The molecule has 5 nitrogen and oxygen atoms in total. The first-order chi connectivity index (χ1) is 15.9. The maximum absolute atomic E-state index is 13.8. The lowest BCUT2D eigenvalue weighted by Crippen LogP contribution is -2.74. The summed E-state index contributed by atoms with van der Waals surface area (Å²) in [5, 5.41) is 3.85. The zero-order valence-corrected chi connectivity index (χ0v) is 20.4. The molecule has 1 N–H and O–H groups in total. The van der Waals surface area contributed by atoms with Crippen molar-refractivity contribution in [1.29, 1.82) is 0 Å². The average molecular weight is 468 g/mol. The zero-order chi connectivity index (χ0) is 23.4. The van der Waals surface area contributed by atoms with Gasteiger partial charge in [-0.2, -0.15) is 0 Å². The second-order valence-corrected chi connectivity index (χ2v) is 9.93. The Morgan fingerprint density at radius 2 is 1.70 bits per heavy atom. The summed E-state index contributed by atoms with van der Waals surface area (Å²) in [7, 11) is 0. The summed E-state index contributed by atoms with van der Waals surface area (Å²) in [6.45, 7) is 6.61. The third-order valence-corrected chi connectivity index (χ3v) is 7.41. The number of likely N-dealkylation sites (tertiary alicyclic amines) is 1. The molecule has 2 amide bonds. The molecule has 2 fully saturated rings. The minimum atomic E-state index is -0.755. The molecule has 2 aliphatic heterocycles. The van der Waals surface area contributed by atoms with E-state index in [2.05, 4.69) is 24.1 Å². The van der Waals surface area contributed by atoms with Crippen molar-refractivity contribution >= 4 is 23.4 Å². The van der Waals surface area contributed by atoms with Crippen LogP contribution in [0.1, 0.15) is 50.7 Å². The monoisotopic (exact) mass is 467 g/mol. The predicted octanol–water partition coefficient (Wildman–Crippen LogP) is 4.43. The molecular formula is C27H34ClN3O2. The Kier molecular flexibility index (Phi) is 7.40. The fourth-order valence-electron chi connectivity index (χ4n) is 5.41. The van der Waals surface area contributed by atoms with Crippen molar-refractivity contribution in [2.75, 3.05) is 13.1 Å². The number of amides is 2. The number of benzene rings is 2. The van der Waals surface area contributed by atoms with Crippen LogP contribution in [0.3, 0.4) is 0 Å². The summed E-state index contributed by atoms with van der Waals surface area (Å²) in [5.41, 5.74) is 1.52. The van der Waals surface area contributed by atoms with E-state index in [-0.39, 0.29) is 17.9 Å². The lowest BCUT2D eigenvalue weighted by atomic mass is 9.79. The molecule has 6 heteroatoms. The topological polar surface area (TPSA) is 52.7 Å². The SMILES string of the molecule is CCCC(C)N1C(=O)C(Cc2ccccc2)NC(=O)C12CCN(Cc1ccc(Cl)cc1)CC2. The smallest absolute Gasteiger partial charge is 0.246 e. The molecule has 2 aromatic rings. The Bertz CT molecular complexity index is 955. The van der Waals surface area contributed by atoms with E-state index in [4.69, 9.17) is 11.6 Å². The van der Waals surface area contributed by atoms with Crippen LogP contribution in [0.5, 0.6) is 0 Å². The molecule has 2 atom stereocenters. The molecule has 2 heterocycles. The fourth-order valence-corrected chi connectivity index (χ4v) is 5.54. The molecule has 0 aliphatic carbocycles. The van der Waals surface area contributed by atoms with Crippen molar-refractivity contribution in [3.8, 4) is 0 Å². The molecule has 1 spiro atoms. The van der Waals surface area contributed by atoms with Gasteiger partial charge in [0.1, 0.15) is 11.6 Å². The normalized spacial score (nSPS) is 21.8. The number of piperazine rings is 1. The maximum atomic E-state index is 13.8. The number of piperidine rings is 1. The third-order valence-electron chi connectivity index (χ3n) is 7.16. The lowest BCUT2D eigenvalue weighted by Gasteiger charge is -2.54. The summed E-state index contributed by atoms with van der Waals surface area (Å²) in [5.74, 6) is 0.0719. The van der Waals surface area contributed by atoms with Crippen molar-refractivity contribution in [3.63, 3.8) is 0 Å². The van der Waals surface area contributed by atoms with Crippen molar-refractivity contribution in [1.82, 2.24) is 15.1 Å². The molecule has 4 rings (SSSR count). The van der Waals surface area contributed by atoms with Gasteiger partial charge >= 0.3 is 0 Å². The maximum Gasteiger partial charge on any atom is 0.246 e. The second-order valence-electron chi connectivity index (χ2n) is 9.50. The highest BCUT2D eigenvalue weighted by molar-refractivity contribution is 6.30. The van der Waals surface area contributed by atoms with Gasteiger partial charge in [-0.3, -0.25) is 14.5 Å². The molecule has 176 valence electrons. The van der Waals surface area contributed by atoms with Crippen LogP contribution in [0.25, 0.3) is 0 Å². The van der Waals surface area contributed by atoms with Crippen LogP contribution in [0.2, 0.25) is 5.02 Å². The van der Waals surface area contributed by atoms with E-state index in [1.54, 1.807) is 0 Å². The molecule has 2 aromatic carbocycles.